The van der Waals surface area contributed by atoms with Crippen LogP contribution in [0.15, 0.2) is 87.0 Å². The lowest BCUT2D eigenvalue weighted by atomic mass is 10.0. The highest BCUT2D eigenvalue weighted by Gasteiger charge is 2.15. The summed E-state index contributed by atoms with van der Waals surface area (Å²) >= 11 is 0. The van der Waals surface area contributed by atoms with Crippen molar-refractivity contribution in [2.45, 2.75) is 6.29 Å². The third-order valence-electron chi connectivity index (χ3n) is 3.75. The van der Waals surface area contributed by atoms with Crippen molar-refractivity contribution in [3.8, 4) is 34.1 Å². The zero-order valence-electron chi connectivity index (χ0n) is 17.0. The number of aliphatic hydroxyl groups is 1. The first kappa shape index (κ1) is 23.8. The molecule has 0 radical (unpaired) electrons. The third-order valence-corrected chi connectivity index (χ3v) is 3.75. The van der Waals surface area contributed by atoms with E-state index < -0.39 is 24.2 Å². The van der Waals surface area contributed by atoms with Gasteiger partial charge in [0.2, 0.25) is 6.29 Å². The van der Waals surface area contributed by atoms with Crippen molar-refractivity contribution in [2.75, 3.05) is 0 Å². The van der Waals surface area contributed by atoms with E-state index in [-0.39, 0.29) is 23.0 Å². The second kappa shape index (κ2) is 11.1. The van der Waals surface area contributed by atoms with Gasteiger partial charge in [0.15, 0.2) is 11.5 Å². The summed E-state index contributed by atoms with van der Waals surface area (Å²) in [7, 11) is 0. The molecule has 0 amide bonds. The minimum atomic E-state index is -1.34. The molecule has 1 unspecified atom stereocenters. The quantitative estimate of drug-likeness (QED) is 0.198. The number of rotatable bonds is 10. The van der Waals surface area contributed by atoms with Gasteiger partial charge in [-0.15, -0.1) is 0 Å². The second-order valence-corrected chi connectivity index (χ2v) is 5.97. The Labute approximate surface area is 184 Å². The van der Waals surface area contributed by atoms with Crippen LogP contribution in [0.3, 0.4) is 0 Å². The van der Waals surface area contributed by atoms with Gasteiger partial charge in [0.05, 0.1) is 0 Å². The highest BCUT2D eigenvalue weighted by Crippen LogP contribution is 2.36. The maximum atomic E-state index is 11.7. The van der Waals surface area contributed by atoms with E-state index in [1.165, 1.54) is 30.3 Å². The van der Waals surface area contributed by atoms with E-state index >= 15 is 0 Å². The van der Waals surface area contributed by atoms with Gasteiger partial charge in [0, 0.05) is 24.3 Å². The molecular weight excluding hydrogens is 416 g/mol. The third kappa shape index (κ3) is 6.54. The summed E-state index contributed by atoms with van der Waals surface area (Å²) in [6.45, 7) is 13.4. The SMILES string of the molecule is C=CC(=O)Oc1cc(OC(=O)C=C)cc(-c2ccc(OC(O)C=C)c(OC(=O)C=C)c2)c1. The van der Waals surface area contributed by atoms with E-state index in [0.717, 1.165) is 24.3 Å². The number of esters is 3. The molecule has 0 aliphatic carbocycles. The fraction of sp³-hybridized carbons (Fsp3) is 0.0417. The van der Waals surface area contributed by atoms with Crippen molar-refractivity contribution in [3.05, 3.63) is 87.0 Å². The van der Waals surface area contributed by atoms with Crippen molar-refractivity contribution in [1.82, 2.24) is 0 Å². The number of hydrogen-bond donors (Lipinski definition) is 1. The van der Waals surface area contributed by atoms with Gasteiger partial charge < -0.3 is 24.1 Å². The minimum absolute atomic E-state index is 0.0218. The van der Waals surface area contributed by atoms with E-state index in [1.54, 1.807) is 6.07 Å². The minimum Gasteiger partial charge on any atom is -0.458 e. The van der Waals surface area contributed by atoms with Gasteiger partial charge in [0.1, 0.15) is 11.5 Å². The molecule has 0 fully saturated rings. The first-order chi connectivity index (χ1) is 15.3. The summed E-state index contributed by atoms with van der Waals surface area (Å²) in [5.74, 6) is -2.00. The summed E-state index contributed by atoms with van der Waals surface area (Å²) in [6, 6.07) is 8.82. The first-order valence-corrected chi connectivity index (χ1v) is 9.09. The Morgan fingerprint density at radius 3 is 1.75 bits per heavy atom. The molecule has 2 aromatic carbocycles. The molecule has 1 N–H and O–H groups in total. The predicted octanol–water partition coefficient (Wildman–Crippen LogP) is 3.51. The molecular formula is C24H20O8. The topological polar surface area (TPSA) is 108 Å². The molecule has 0 heterocycles. The number of carbonyl (C=O) groups is 3. The summed E-state index contributed by atoms with van der Waals surface area (Å²) in [4.78, 5) is 35.0. The maximum absolute atomic E-state index is 11.7. The normalized spacial score (nSPS) is 10.8. The van der Waals surface area contributed by atoms with Crippen molar-refractivity contribution >= 4 is 17.9 Å². The molecule has 8 heteroatoms. The molecule has 8 nitrogen and oxygen atoms in total. The van der Waals surface area contributed by atoms with Gasteiger partial charge in [-0.05, 0) is 41.5 Å². The Morgan fingerprint density at radius 2 is 1.25 bits per heavy atom. The van der Waals surface area contributed by atoms with Crippen molar-refractivity contribution in [3.63, 3.8) is 0 Å². The summed E-state index contributed by atoms with van der Waals surface area (Å²) in [5.41, 5.74) is 0.919. The first-order valence-electron chi connectivity index (χ1n) is 9.09. The highest BCUT2D eigenvalue weighted by molar-refractivity contribution is 5.86. The summed E-state index contributed by atoms with van der Waals surface area (Å²) < 4.78 is 20.8. The fourth-order valence-electron chi connectivity index (χ4n) is 2.36. The maximum Gasteiger partial charge on any atom is 0.335 e. The highest BCUT2D eigenvalue weighted by atomic mass is 16.6. The molecule has 32 heavy (non-hydrogen) atoms. The van der Waals surface area contributed by atoms with Crippen LogP contribution in [0.25, 0.3) is 11.1 Å². The lowest BCUT2D eigenvalue weighted by Crippen LogP contribution is -2.13. The second-order valence-electron chi connectivity index (χ2n) is 5.97. The van der Waals surface area contributed by atoms with Crippen LogP contribution in [0, 0.1) is 0 Å². The Morgan fingerprint density at radius 1 is 0.719 bits per heavy atom. The van der Waals surface area contributed by atoms with Crippen LogP contribution in [0.1, 0.15) is 0 Å². The van der Waals surface area contributed by atoms with E-state index in [4.69, 9.17) is 18.9 Å². The van der Waals surface area contributed by atoms with Gasteiger partial charge in [0.25, 0.3) is 0 Å². The van der Waals surface area contributed by atoms with Crippen LogP contribution < -0.4 is 18.9 Å². The summed E-state index contributed by atoms with van der Waals surface area (Å²) in [5, 5.41) is 9.69. The molecule has 1 atom stereocenters. The average molecular weight is 436 g/mol. The molecule has 0 saturated heterocycles. The smallest absolute Gasteiger partial charge is 0.335 e. The molecule has 0 aromatic heterocycles. The Balaban J connectivity index is 2.57. The van der Waals surface area contributed by atoms with Crippen molar-refractivity contribution in [2.24, 2.45) is 0 Å². The zero-order valence-corrected chi connectivity index (χ0v) is 17.0. The van der Waals surface area contributed by atoms with E-state index in [1.807, 2.05) is 0 Å². The van der Waals surface area contributed by atoms with Crippen molar-refractivity contribution in [1.29, 1.82) is 0 Å². The van der Waals surface area contributed by atoms with Crippen LogP contribution in [0.4, 0.5) is 0 Å². The molecule has 0 saturated carbocycles. The van der Waals surface area contributed by atoms with Crippen LogP contribution >= 0.6 is 0 Å². The van der Waals surface area contributed by atoms with Crippen LogP contribution in [-0.4, -0.2) is 29.3 Å². The number of carbonyl (C=O) groups excluding carboxylic acids is 3. The van der Waals surface area contributed by atoms with Gasteiger partial charge in [-0.1, -0.05) is 32.4 Å². The van der Waals surface area contributed by atoms with Crippen molar-refractivity contribution < 1.29 is 38.4 Å². The van der Waals surface area contributed by atoms with Gasteiger partial charge >= 0.3 is 17.9 Å². The van der Waals surface area contributed by atoms with E-state index in [2.05, 4.69) is 26.3 Å². The van der Waals surface area contributed by atoms with Gasteiger partial charge in [-0.2, -0.15) is 0 Å². The number of aliphatic hydroxyl groups excluding tert-OH is 1. The van der Waals surface area contributed by atoms with Gasteiger partial charge in [-0.25, -0.2) is 14.4 Å². The van der Waals surface area contributed by atoms with E-state index in [0.29, 0.717) is 11.1 Å². The number of benzene rings is 2. The molecule has 0 aliphatic heterocycles. The fourth-order valence-corrected chi connectivity index (χ4v) is 2.36. The van der Waals surface area contributed by atoms with Crippen LogP contribution in [0.5, 0.6) is 23.0 Å². The van der Waals surface area contributed by atoms with Crippen LogP contribution in [-0.2, 0) is 14.4 Å². The molecule has 2 rings (SSSR count). The van der Waals surface area contributed by atoms with Crippen LogP contribution in [0.2, 0.25) is 0 Å². The lowest BCUT2D eigenvalue weighted by Gasteiger charge is -2.15. The molecule has 0 aliphatic rings. The standard InChI is InChI=1S/C24H20O8/c1-5-21(25)29-17-11-16(12-18(14-17)30-22(26)6-2)15-9-10-19(31-23(27)7-3)20(13-15)32-24(28)8-4/h5-14,23,27H,1-4H2. The summed E-state index contributed by atoms with van der Waals surface area (Å²) in [6.07, 6.45) is 2.72. The Bertz CT molecular complexity index is 1040. The predicted molar refractivity (Wildman–Crippen MR) is 116 cm³/mol. The molecule has 2 aromatic rings. The Hall–Kier alpha value is -4.43. The Kier molecular flexibility index (Phi) is 8.27. The number of hydrogen-bond acceptors (Lipinski definition) is 8. The average Bonchev–Trinajstić information content (AvgIpc) is 2.79. The zero-order chi connectivity index (χ0) is 23.7. The largest absolute Gasteiger partial charge is 0.458 e. The molecule has 0 bridgehead atoms. The van der Waals surface area contributed by atoms with E-state index in [9.17, 15) is 19.5 Å². The lowest BCUT2D eigenvalue weighted by molar-refractivity contribution is -0.130. The van der Waals surface area contributed by atoms with Gasteiger partial charge in [-0.3, -0.25) is 0 Å². The molecule has 164 valence electrons. The molecule has 0 spiro atoms. The monoisotopic (exact) mass is 436 g/mol. The number of ether oxygens (including phenoxy) is 4.